The smallest absolute Gasteiger partial charge is 0.0519 e. The highest BCUT2D eigenvalue weighted by Gasteiger charge is 1.89. The maximum absolute atomic E-state index is 5.31. The minimum absolute atomic E-state index is 0. The highest BCUT2D eigenvalue weighted by atomic mass is 35.5. The molecule has 0 aliphatic carbocycles. The van der Waals surface area contributed by atoms with E-state index in [1.165, 1.54) is 5.56 Å². The Kier molecular flexibility index (Phi) is 4.98. The third kappa shape index (κ3) is 2.85. The topological polar surface area (TPSA) is 54.7 Å². The fourth-order valence-corrected chi connectivity index (χ4v) is 0.721. The molecule has 0 aliphatic heterocycles. The first-order valence-corrected chi connectivity index (χ1v) is 3.11. The molecular formula is C6H12ClN3. The van der Waals surface area contributed by atoms with Crippen LogP contribution in [0.5, 0.6) is 0 Å². The second-order valence-corrected chi connectivity index (χ2v) is 2.00. The van der Waals surface area contributed by atoms with Crippen LogP contribution in [-0.2, 0) is 6.42 Å². The molecular weight excluding hydrogens is 150 g/mol. The molecule has 58 valence electrons. The van der Waals surface area contributed by atoms with Crippen LogP contribution in [0.1, 0.15) is 12.0 Å². The van der Waals surface area contributed by atoms with Gasteiger partial charge in [0.15, 0.2) is 0 Å². The van der Waals surface area contributed by atoms with Crippen LogP contribution < -0.4 is 5.73 Å². The van der Waals surface area contributed by atoms with Gasteiger partial charge in [-0.3, -0.25) is 5.10 Å². The van der Waals surface area contributed by atoms with E-state index in [0.717, 1.165) is 19.4 Å². The van der Waals surface area contributed by atoms with Crippen molar-refractivity contribution in [2.75, 3.05) is 6.54 Å². The summed E-state index contributed by atoms with van der Waals surface area (Å²) in [6, 6.07) is 0. The average molecular weight is 162 g/mol. The summed E-state index contributed by atoms with van der Waals surface area (Å²) >= 11 is 0. The molecule has 0 atom stereocenters. The number of nitrogens with zero attached hydrogens (tertiary/aromatic N) is 1. The lowest BCUT2D eigenvalue weighted by atomic mass is 10.2. The fraction of sp³-hybridized carbons (Fsp3) is 0.500. The van der Waals surface area contributed by atoms with Gasteiger partial charge < -0.3 is 5.73 Å². The van der Waals surface area contributed by atoms with Gasteiger partial charge in [0.2, 0.25) is 0 Å². The summed E-state index contributed by atoms with van der Waals surface area (Å²) in [6.45, 7) is 0.755. The molecule has 0 aromatic carbocycles. The molecule has 4 heteroatoms. The molecule has 1 aromatic rings. The normalized spacial score (nSPS) is 8.90. The second kappa shape index (κ2) is 5.26. The van der Waals surface area contributed by atoms with Crippen molar-refractivity contribution < 1.29 is 0 Å². The van der Waals surface area contributed by atoms with Gasteiger partial charge in [0, 0.05) is 6.20 Å². The molecule has 0 amide bonds. The van der Waals surface area contributed by atoms with Gasteiger partial charge in [0.25, 0.3) is 0 Å². The van der Waals surface area contributed by atoms with E-state index in [-0.39, 0.29) is 12.4 Å². The first kappa shape index (κ1) is 9.46. The predicted molar refractivity (Wildman–Crippen MR) is 43.2 cm³/mol. The van der Waals surface area contributed by atoms with Crippen LogP contribution >= 0.6 is 12.4 Å². The summed E-state index contributed by atoms with van der Waals surface area (Å²) < 4.78 is 0. The zero-order valence-corrected chi connectivity index (χ0v) is 6.53. The van der Waals surface area contributed by atoms with E-state index in [4.69, 9.17) is 5.73 Å². The summed E-state index contributed by atoms with van der Waals surface area (Å²) in [5.74, 6) is 0. The molecule has 0 saturated carbocycles. The lowest BCUT2D eigenvalue weighted by molar-refractivity contribution is 0.833. The van der Waals surface area contributed by atoms with Crippen molar-refractivity contribution in [1.82, 2.24) is 10.2 Å². The standard InChI is InChI=1S/C6H11N3.ClH/c7-3-1-2-6-4-8-9-5-6;/h4-5H,1-3,7H2,(H,8,9);1H. The van der Waals surface area contributed by atoms with Gasteiger partial charge in [-0.2, -0.15) is 5.10 Å². The van der Waals surface area contributed by atoms with Gasteiger partial charge in [-0.1, -0.05) is 0 Å². The second-order valence-electron chi connectivity index (χ2n) is 2.00. The number of nitrogens with two attached hydrogens (primary N) is 1. The van der Waals surface area contributed by atoms with Crippen LogP contribution in [-0.4, -0.2) is 16.7 Å². The summed E-state index contributed by atoms with van der Waals surface area (Å²) in [6.07, 6.45) is 5.80. The molecule has 10 heavy (non-hydrogen) atoms. The Morgan fingerprint density at radius 3 is 2.90 bits per heavy atom. The number of aryl methyl sites for hydroxylation is 1. The molecule has 0 radical (unpaired) electrons. The Morgan fingerprint density at radius 1 is 1.60 bits per heavy atom. The Morgan fingerprint density at radius 2 is 2.40 bits per heavy atom. The van der Waals surface area contributed by atoms with Crippen LogP contribution in [0.25, 0.3) is 0 Å². The fourth-order valence-electron chi connectivity index (χ4n) is 0.721. The number of H-pyrrole nitrogens is 1. The Balaban J connectivity index is 0.000000810. The van der Waals surface area contributed by atoms with Crippen LogP contribution in [0.3, 0.4) is 0 Å². The van der Waals surface area contributed by atoms with Gasteiger partial charge in [-0.15, -0.1) is 12.4 Å². The SMILES string of the molecule is Cl.NCCCc1cn[nH]c1. The zero-order chi connectivity index (χ0) is 6.53. The molecule has 1 heterocycles. The largest absolute Gasteiger partial charge is 0.330 e. The van der Waals surface area contributed by atoms with E-state index in [9.17, 15) is 0 Å². The molecule has 0 unspecified atom stereocenters. The maximum atomic E-state index is 5.31. The molecule has 0 fully saturated rings. The first-order chi connectivity index (χ1) is 4.43. The van der Waals surface area contributed by atoms with Crippen LogP contribution in [0.15, 0.2) is 12.4 Å². The molecule has 3 N–H and O–H groups in total. The van der Waals surface area contributed by atoms with E-state index in [2.05, 4.69) is 10.2 Å². The minimum Gasteiger partial charge on any atom is -0.330 e. The lowest BCUT2D eigenvalue weighted by Gasteiger charge is -1.89. The Hall–Kier alpha value is -0.540. The van der Waals surface area contributed by atoms with Crippen LogP contribution in [0, 0.1) is 0 Å². The molecule has 0 spiro atoms. The Bertz CT molecular complexity index is 150. The van der Waals surface area contributed by atoms with Crippen molar-refractivity contribution in [3.8, 4) is 0 Å². The van der Waals surface area contributed by atoms with Gasteiger partial charge in [0.1, 0.15) is 0 Å². The molecule has 1 aromatic heterocycles. The van der Waals surface area contributed by atoms with Gasteiger partial charge in [0.05, 0.1) is 6.20 Å². The Labute approximate surface area is 66.4 Å². The number of aromatic nitrogens is 2. The maximum Gasteiger partial charge on any atom is 0.0519 e. The quantitative estimate of drug-likeness (QED) is 0.687. The number of aromatic amines is 1. The monoisotopic (exact) mass is 161 g/mol. The summed E-state index contributed by atoms with van der Waals surface area (Å²) in [5.41, 5.74) is 6.55. The molecule has 3 nitrogen and oxygen atoms in total. The van der Waals surface area contributed by atoms with E-state index >= 15 is 0 Å². The summed E-state index contributed by atoms with van der Waals surface area (Å²) in [5, 5.41) is 6.56. The molecule has 0 saturated heterocycles. The van der Waals surface area contributed by atoms with Crippen LogP contribution in [0.2, 0.25) is 0 Å². The lowest BCUT2D eigenvalue weighted by Crippen LogP contribution is -1.99. The van der Waals surface area contributed by atoms with E-state index in [1.54, 1.807) is 0 Å². The number of nitrogens with one attached hydrogen (secondary N) is 1. The van der Waals surface area contributed by atoms with Gasteiger partial charge in [-0.05, 0) is 24.9 Å². The highest BCUT2D eigenvalue weighted by molar-refractivity contribution is 5.85. The van der Waals surface area contributed by atoms with E-state index < -0.39 is 0 Å². The molecule has 0 bridgehead atoms. The highest BCUT2D eigenvalue weighted by Crippen LogP contribution is 1.96. The van der Waals surface area contributed by atoms with Gasteiger partial charge >= 0.3 is 0 Å². The van der Waals surface area contributed by atoms with E-state index in [0.29, 0.717) is 0 Å². The third-order valence-electron chi connectivity index (χ3n) is 1.22. The summed E-state index contributed by atoms with van der Waals surface area (Å²) in [7, 11) is 0. The van der Waals surface area contributed by atoms with E-state index in [1.807, 2.05) is 12.4 Å². The molecule has 0 aliphatic rings. The van der Waals surface area contributed by atoms with Crippen molar-refractivity contribution in [2.45, 2.75) is 12.8 Å². The number of hydrogen-bond acceptors (Lipinski definition) is 2. The zero-order valence-electron chi connectivity index (χ0n) is 5.71. The summed E-state index contributed by atoms with van der Waals surface area (Å²) in [4.78, 5) is 0. The average Bonchev–Trinajstić information content (AvgIpc) is 2.34. The van der Waals surface area contributed by atoms with Crippen molar-refractivity contribution in [2.24, 2.45) is 5.73 Å². The van der Waals surface area contributed by atoms with Crippen molar-refractivity contribution in [1.29, 1.82) is 0 Å². The van der Waals surface area contributed by atoms with Crippen molar-refractivity contribution in [3.05, 3.63) is 18.0 Å². The third-order valence-corrected chi connectivity index (χ3v) is 1.22. The van der Waals surface area contributed by atoms with Crippen molar-refractivity contribution in [3.63, 3.8) is 0 Å². The molecule has 1 rings (SSSR count). The van der Waals surface area contributed by atoms with Crippen LogP contribution in [0.4, 0.5) is 0 Å². The number of hydrogen-bond donors (Lipinski definition) is 2. The minimum atomic E-state index is 0. The first-order valence-electron chi connectivity index (χ1n) is 3.11. The number of rotatable bonds is 3. The number of halogens is 1. The van der Waals surface area contributed by atoms with Gasteiger partial charge in [-0.25, -0.2) is 0 Å². The van der Waals surface area contributed by atoms with Crippen molar-refractivity contribution >= 4 is 12.4 Å². The predicted octanol–water partition coefficient (Wildman–Crippen LogP) is 0.723.